The fraction of sp³-hybridized carbons (Fsp3) is 0.588. The number of nitrogens with zero attached hydrogens (tertiary/aromatic N) is 1. The molecular weight excluding hydrogens is 250 g/mol. The Morgan fingerprint density at radius 3 is 2.65 bits per heavy atom. The lowest BCUT2D eigenvalue weighted by Crippen LogP contribution is -2.37. The fourth-order valence-corrected chi connectivity index (χ4v) is 2.71. The van der Waals surface area contributed by atoms with Crippen molar-refractivity contribution in [2.45, 2.75) is 39.5 Å². The van der Waals surface area contributed by atoms with Crippen LogP contribution in [0.1, 0.15) is 45.1 Å². The summed E-state index contributed by atoms with van der Waals surface area (Å²) >= 11 is 0. The monoisotopic (exact) mass is 275 g/mol. The molecule has 1 heterocycles. The summed E-state index contributed by atoms with van der Waals surface area (Å²) in [6, 6.07) is 8.74. The molecule has 1 fully saturated rings. The Labute approximate surface area is 121 Å². The summed E-state index contributed by atoms with van der Waals surface area (Å²) in [7, 11) is 0. The zero-order valence-electron chi connectivity index (χ0n) is 12.8. The van der Waals surface area contributed by atoms with Crippen LogP contribution in [-0.4, -0.2) is 25.7 Å². The van der Waals surface area contributed by atoms with Gasteiger partial charge >= 0.3 is 5.97 Å². The molecule has 0 unspecified atom stereocenters. The Morgan fingerprint density at radius 1 is 1.35 bits per heavy atom. The topological polar surface area (TPSA) is 29.5 Å². The molecule has 0 radical (unpaired) electrons. The normalized spacial score (nSPS) is 16.5. The number of ether oxygens (including phenoxy) is 1. The van der Waals surface area contributed by atoms with Crippen molar-refractivity contribution in [3.05, 3.63) is 29.8 Å². The molecule has 110 valence electrons. The molecule has 0 N–H and O–H groups in total. The van der Waals surface area contributed by atoms with Gasteiger partial charge in [0.25, 0.3) is 0 Å². The first-order valence-electron chi connectivity index (χ1n) is 7.63. The number of benzene rings is 1. The van der Waals surface area contributed by atoms with Crippen LogP contribution >= 0.6 is 0 Å². The minimum Gasteiger partial charge on any atom is -0.466 e. The van der Waals surface area contributed by atoms with Gasteiger partial charge in [0.15, 0.2) is 0 Å². The standard InChI is InChI=1S/C17H25NO2/c1-4-20-17(19)14-8-10-18(11-9-14)16-7-5-6-15(12-16)13(2)3/h5-7,12-14H,4,8-11H2,1-3H3. The lowest BCUT2D eigenvalue weighted by Gasteiger charge is -2.33. The molecule has 1 aromatic carbocycles. The summed E-state index contributed by atoms with van der Waals surface area (Å²) in [6.45, 7) is 8.65. The van der Waals surface area contributed by atoms with E-state index in [1.54, 1.807) is 0 Å². The van der Waals surface area contributed by atoms with Crippen LogP contribution in [0.2, 0.25) is 0 Å². The minimum atomic E-state index is -0.0249. The van der Waals surface area contributed by atoms with E-state index in [0.717, 1.165) is 25.9 Å². The summed E-state index contributed by atoms with van der Waals surface area (Å²) in [5.74, 6) is 0.606. The van der Waals surface area contributed by atoms with E-state index in [0.29, 0.717) is 12.5 Å². The highest BCUT2D eigenvalue weighted by Gasteiger charge is 2.26. The maximum Gasteiger partial charge on any atom is 0.309 e. The number of carbonyl (C=O) groups excluding carboxylic acids is 1. The molecule has 1 saturated heterocycles. The molecule has 1 aliphatic heterocycles. The van der Waals surface area contributed by atoms with Gasteiger partial charge in [0, 0.05) is 18.8 Å². The minimum absolute atomic E-state index is 0.0249. The number of hydrogen-bond acceptors (Lipinski definition) is 3. The molecule has 20 heavy (non-hydrogen) atoms. The Balaban J connectivity index is 1.97. The van der Waals surface area contributed by atoms with E-state index in [1.807, 2.05) is 6.92 Å². The van der Waals surface area contributed by atoms with Crippen LogP contribution in [0.5, 0.6) is 0 Å². The maximum absolute atomic E-state index is 11.7. The van der Waals surface area contributed by atoms with Crippen LogP contribution in [0.3, 0.4) is 0 Å². The third kappa shape index (κ3) is 3.53. The summed E-state index contributed by atoms with van der Waals surface area (Å²) in [4.78, 5) is 14.1. The largest absolute Gasteiger partial charge is 0.466 e. The number of esters is 1. The Morgan fingerprint density at radius 2 is 2.05 bits per heavy atom. The third-order valence-corrected chi connectivity index (χ3v) is 4.02. The molecule has 1 aromatic rings. The van der Waals surface area contributed by atoms with Crippen molar-refractivity contribution in [3.8, 4) is 0 Å². The van der Waals surface area contributed by atoms with Gasteiger partial charge < -0.3 is 9.64 Å². The third-order valence-electron chi connectivity index (χ3n) is 4.02. The molecule has 0 amide bonds. The van der Waals surface area contributed by atoms with Gasteiger partial charge in [-0.3, -0.25) is 4.79 Å². The van der Waals surface area contributed by atoms with Gasteiger partial charge in [-0.2, -0.15) is 0 Å². The van der Waals surface area contributed by atoms with E-state index in [4.69, 9.17) is 4.74 Å². The molecule has 1 aliphatic rings. The number of anilines is 1. The first-order chi connectivity index (χ1) is 9.61. The second-order valence-electron chi connectivity index (χ2n) is 5.76. The average Bonchev–Trinajstić information content (AvgIpc) is 2.48. The van der Waals surface area contributed by atoms with Gasteiger partial charge in [-0.25, -0.2) is 0 Å². The number of rotatable bonds is 4. The van der Waals surface area contributed by atoms with Gasteiger partial charge in [-0.05, 0) is 43.4 Å². The highest BCUT2D eigenvalue weighted by molar-refractivity contribution is 5.72. The van der Waals surface area contributed by atoms with Crippen LogP contribution in [0.15, 0.2) is 24.3 Å². The molecule has 0 saturated carbocycles. The van der Waals surface area contributed by atoms with Gasteiger partial charge in [0.2, 0.25) is 0 Å². The zero-order chi connectivity index (χ0) is 14.5. The van der Waals surface area contributed by atoms with Crippen LogP contribution in [0, 0.1) is 5.92 Å². The van der Waals surface area contributed by atoms with E-state index in [-0.39, 0.29) is 11.9 Å². The summed E-state index contributed by atoms with van der Waals surface area (Å²) in [6.07, 6.45) is 1.79. The molecule has 0 bridgehead atoms. The Hall–Kier alpha value is -1.51. The Kier molecular flexibility index (Phi) is 5.05. The highest BCUT2D eigenvalue weighted by atomic mass is 16.5. The maximum atomic E-state index is 11.7. The van der Waals surface area contributed by atoms with Gasteiger partial charge in [0.05, 0.1) is 12.5 Å². The molecule has 3 nitrogen and oxygen atoms in total. The number of hydrogen-bond donors (Lipinski definition) is 0. The number of carbonyl (C=O) groups is 1. The lowest BCUT2D eigenvalue weighted by atomic mass is 9.96. The van der Waals surface area contributed by atoms with Crippen LogP contribution in [-0.2, 0) is 9.53 Å². The van der Waals surface area contributed by atoms with E-state index < -0.39 is 0 Å². The quantitative estimate of drug-likeness (QED) is 0.786. The second-order valence-corrected chi connectivity index (χ2v) is 5.76. The zero-order valence-corrected chi connectivity index (χ0v) is 12.8. The summed E-state index contributed by atoms with van der Waals surface area (Å²) in [5.41, 5.74) is 2.65. The van der Waals surface area contributed by atoms with E-state index in [1.165, 1.54) is 11.3 Å². The first kappa shape index (κ1) is 14.9. The smallest absolute Gasteiger partial charge is 0.309 e. The lowest BCUT2D eigenvalue weighted by molar-refractivity contribution is -0.148. The fourth-order valence-electron chi connectivity index (χ4n) is 2.71. The SMILES string of the molecule is CCOC(=O)C1CCN(c2cccc(C(C)C)c2)CC1. The molecule has 0 aromatic heterocycles. The summed E-state index contributed by atoms with van der Waals surface area (Å²) in [5, 5.41) is 0. The predicted octanol–water partition coefficient (Wildman–Crippen LogP) is 3.59. The molecule has 0 spiro atoms. The average molecular weight is 275 g/mol. The van der Waals surface area contributed by atoms with Crippen molar-refractivity contribution >= 4 is 11.7 Å². The van der Waals surface area contributed by atoms with Crippen molar-refractivity contribution in [1.82, 2.24) is 0 Å². The molecule has 3 heteroatoms. The number of piperidine rings is 1. The van der Waals surface area contributed by atoms with Crippen LogP contribution in [0.25, 0.3) is 0 Å². The van der Waals surface area contributed by atoms with Gasteiger partial charge in [-0.15, -0.1) is 0 Å². The molecule has 0 atom stereocenters. The molecule has 0 aliphatic carbocycles. The van der Waals surface area contributed by atoms with Crippen LogP contribution in [0.4, 0.5) is 5.69 Å². The highest BCUT2D eigenvalue weighted by Crippen LogP contribution is 2.26. The van der Waals surface area contributed by atoms with Gasteiger partial charge in [-0.1, -0.05) is 26.0 Å². The molecule has 2 rings (SSSR count). The van der Waals surface area contributed by atoms with E-state index in [9.17, 15) is 4.79 Å². The predicted molar refractivity (Wildman–Crippen MR) is 82.1 cm³/mol. The van der Waals surface area contributed by atoms with Crippen molar-refractivity contribution in [3.63, 3.8) is 0 Å². The molecular formula is C17H25NO2. The summed E-state index contributed by atoms with van der Waals surface area (Å²) < 4.78 is 5.12. The van der Waals surface area contributed by atoms with E-state index >= 15 is 0 Å². The van der Waals surface area contributed by atoms with E-state index in [2.05, 4.69) is 43.0 Å². The second kappa shape index (κ2) is 6.78. The van der Waals surface area contributed by atoms with Crippen molar-refractivity contribution in [2.75, 3.05) is 24.6 Å². The van der Waals surface area contributed by atoms with Crippen molar-refractivity contribution < 1.29 is 9.53 Å². The first-order valence-corrected chi connectivity index (χ1v) is 7.63. The Bertz CT molecular complexity index is 448. The van der Waals surface area contributed by atoms with Crippen molar-refractivity contribution in [2.24, 2.45) is 5.92 Å². The van der Waals surface area contributed by atoms with Crippen LogP contribution < -0.4 is 4.90 Å². The van der Waals surface area contributed by atoms with Gasteiger partial charge in [0.1, 0.15) is 0 Å². The van der Waals surface area contributed by atoms with Crippen molar-refractivity contribution in [1.29, 1.82) is 0 Å².